The Morgan fingerprint density at radius 1 is 1.50 bits per heavy atom. The number of nitrogens with two attached hydrogens (primary N) is 2. The van der Waals surface area contributed by atoms with Gasteiger partial charge in [-0.1, -0.05) is 11.3 Å². The highest BCUT2D eigenvalue weighted by Gasteiger charge is 1.99. The van der Waals surface area contributed by atoms with Gasteiger partial charge in [-0.25, -0.2) is 4.39 Å². The second kappa shape index (κ2) is 1.63. The molecular weight excluding hydrogens is 127 g/mol. The van der Waals surface area contributed by atoms with Crippen LogP contribution in [0, 0.1) is 5.82 Å². The van der Waals surface area contributed by atoms with Crippen LogP contribution in [-0.4, -0.2) is 0 Å². The Morgan fingerprint density at radius 2 is 2.12 bits per heavy atom. The smallest absolute Gasteiger partial charge is 0.159 e. The fourth-order valence-corrected chi connectivity index (χ4v) is 0.974. The van der Waals surface area contributed by atoms with Crippen molar-refractivity contribution in [3.63, 3.8) is 0 Å². The molecule has 0 aromatic carbocycles. The number of hydrogen-bond acceptors (Lipinski definition) is 3. The monoisotopic (exact) mass is 132 g/mol. The van der Waals surface area contributed by atoms with Gasteiger partial charge in [0.25, 0.3) is 0 Å². The second-order valence-corrected chi connectivity index (χ2v) is 2.48. The molecule has 0 aliphatic heterocycles. The quantitative estimate of drug-likeness (QED) is 0.554. The lowest BCUT2D eigenvalue weighted by Gasteiger charge is -1.76. The summed E-state index contributed by atoms with van der Waals surface area (Å²) in [6, 6.07) is 1.21. The summed E-state index contributed by atoms with van der Waals surface area (Å²) in [4.78, 5) is 0. The molecule has 0 aliphatic rings. The van der Waals surface area contributed by atoms with Crippen molar-refractivity contribution in [3.8, 4) is 0 Å². The van der Waals surface area contributed by atoms with E-state index in [1.165, 1.54) is 6.07 Å². The molecule has 0 fully saturated rings. The lowest BCUT2D eigenvalue weighted by Crippen LogP contribution is -1.79. The first-order valence-corrected chi connectivity index (χ1v) is 2.82. The zero-order chi connectivity index (χ0) is 6.15. The zero-order valence-electron chi connectivity index (χ0n) is 4.02. The van der Waals surface area contributed by atoms with Gasteiger partial charge in [-0.15, -0.1) is 0 Å². The van der Waals surface area contributed by atoms with Gasteiger partial charge in [0.2, 0.25) is 0 Å². The fraction of sp³-hybridized carbons (Fsp3) is 0. The fourth-order valence-electron chi connectivity index (χ4n) is 0.401. The molecule has 0 bridgehead atoms. The van der Waals surface area contributed by atoms with Crippen LogP contribution in [0.5, 0.6) is 0 Å². The Morgan fingerprint density at radius 3 is 2.25 bits per heavy atom. The number of hydrogen-bond donors (Lipinski definition) is 2. The number of anilines is 2. The van der Waals surface area contributed by atoms with Crippen LogP contribution in [0.2, 0.25) is 0 Å². The first-order chi connectivity index (χ1) is 3.70. The van der Waals surface area contributed by atoms with Crippen LogP contribution >= 0.6 is 11.3 Å². The normalized spacial score (nSPS) is 9.62. The van der Waals surface area contributed by atoms with Gasteiger partial charge in [0.1, 0.15) is 5.00 Å². The Bertz CT molecular complexity index is 176. The molecule has 0 saturated heterocycles. The molecule has 1 aromatic heterocycles. The standard InChI is InChI=1S/C4H5FN2S/c5-2-1-3(6)8-4(2)7/h1H,6-7H2. The largest absolute Gasteiger partial charge is 0.390 e. The van der Waals surface area contributed by atoms with Gasteiger partial charge in [-0.05, 0) is 0 Å². The Balaban J connectivity index is 3.14. The van der Waals surface area contributed by atoms with Crippen LogP contribution in [0.4, 0.5) is 14.4 Å². The van der Waals surface area contributed by atoms with E-state index < -0.39 is 5.82 Å². The third-order valence-electron chi connectivity index (χ3n) is 0.732. The lowest BCUT2D eigenvalue weighted by molar-refractivity contribution is 0.638. The summed E-state index contributed by atoms with van der Waals surface area (Å²) in [7, 11) is 0. The maximum absolute atomic E-state index is 12.1. The van der Waals surface area contributed by atoms with E-state index in [2.05, 4.69) is 0 Å². The minimum atomic E-state index is -0.424. The Hall–Kier alpha value is -0.770. The van der Waals surface area contributed by atoms with E-state index in [-0.39, 0.29) is 5.00 Å². The highest BCUT2D eigenvalue weighted by molar-refractivity contribution is 7.19. The molecule has 0 unspecified atom stereocenters. The third-order valence-corrected chi connectivity index (χ3v) is 1.50. The summed E-state index contributed by atoms with van der Waals surface area (Å²) < 4.78 is 12.1. The first-order valence-electron chi connectivity index (χ1n) is 2.00. The van der Waals surface area contributed by atoms with E-state index >= 15 is 0 Å². The molecule has 44 valence electrons. The zero-order valence-corrected chi connectivity index (χ0v) is 4.83. The summed E-state index contributed by atoms with van der Waals surface area (Å²) in [5, 5.41) is 0.572. The van der Waals surface area contributed by atoms with Crippen molar-refractivity contribution in [2.24, 2.45) is 0 Å². The van der Waals surface area contributed by atoms with Crippen molar-refractivity contribution in [2.75, 3.05) is 11.5 Å². The van der Waals surface area contributed by atoms with Crippen molar-refractivity contribution in [2.45, 2.75) is 0 Å². The SMILES string of the molecule is Nc1cc(F)c(N)s1. The molecule has 8 heavy (non-hydrogen) atoms. The molecule has 1 aromatic rings. The van der Waals surface area contributed by atoms with Gasteiger partial charge in [0.05, 0.1) is 5.00 Å². The van der Waals surface area contributed by atoms with Crippen LogP contribution in [0.15, 0.2) is 6.07 Å². The molecule has 0 spiro atoms. The summed E-state index contributed by atoms with van der Waals surface area (Å²) in [5.74, 6) is -0.424. The number of thiophene rings is 1. The number of nitrogen functional groups attached to an aromatic ring is 2. The van der Waals surface area contributed by atoms with E-state index in [4.69, 9.17) is 11.5 Å². The number of rotatable bonds is 0. The average molecular weight is 132 g/mol. The van der Waals surface area contributed by atoms with Gasteiger partial charge in [0.15, 0.2) is 5.82 Å². The molecule has 4 N–H and O–H groups in total. The van der Waals surface area contributed by atoms with Crippen LogP contribution in [0.1, 0.15) is 0 Å². The molecule has 1 heterocycles. The van der Waals surface area contributed by atoms with Crippen LogP contribution in [0.25, 0.3) is 0 Å². The van der Waals surface area contributed by atoms with Gasteiger partial charge < -0.3 is 11.5 Å². The minimum Gasteiger partial charge on any atom is -0.390 e. The minimum absolute atomic E-state index is 0.155. The van der Waals surface area contributed by atoms with Gasteiger partial charge in [-0.3, -0.25) is 0 Å². The van der Waals surface area contributed by atoms with Crippen LogP contribution in [0.3, 0.4) is 0 Å². The molecule has 0 radical (unpaired) electrons. The van der Waals surface area contributed by atoms with Crippen molar-refractivity contribution >= 4 is 21.3 Å². The molecule has 0 saturated carbocycles. The second-order valence-electron chi connectivity index (χ2n) is 1.36. The molecule has 4 heteroatoms. The maximum Gasteiger partial charge on any atom is 0.159 e. The average Bonchev–Trinajstić information content (AvgIpc) is 1.85. The molecule has 0 amide bonds. The summed E-state index contributed by atoms with van der Waals surface area (Å²) >= 11 is 1.05. The summed E-state index contributed by atoms with van der Waals surface area (Å²) in [5.41, 5.74) is 10.3. The van der Waals surface area contributed by atoms with E-state index in [1.54, 1.807) is 0 Å². The van der Waals surface area contributed by atoms with Gasteiger partial charge in [-0.2, -0.15) is 0 Å². The predicted octanol–water partition coefficient (Wildman–Crippen LogP) is 1.05. The van der Waals surface area contributed by atoms with Gasteiger partial charge >= 0.3 is 0 Å². The highest BCUT2D eigenvalue weighted by Crippen LogP contribution is 2.24. The molecular formula is C4H5FN2S. The van der Waals surface area contributed by atoms with E-state index in [0.717, 1.165) is 11.3 Å². The van der Waals surface area contributed by atoms with Crippen molar-refractivity contribution in [1.82, 2.24) is 0 Å². The third kappa shape index (κ3) is 0.742. The summed E-state index contributed by atoms with van der Waals surface area (Å²) in [6.07, 6.45) is 0. The van der Waals surface area contributed by atoms with Crippen molar-refractivity contribution < 1.29 is 4.39 Å². The van der Waals surface area contributed by atoms with Crippen LogP contribution in [-0.2, 0) is 0 Å². The lowest BCUT2D eigenvalue weighted by atomic mass is 10.6. The van der Waals surface area contributed by atoms with Crippen molar-refractivity contribution in [1.29, 1.82) is 0 Å². The van der Waals surface area contributed by atoms with Crippen LogP contribution < -0.4 is 11.5 Å². The van der Waals surface area contributed by atoms with Gasteiger partial charge in [0, 0.05) is 6.07 Å². The van der Waals surface area contributed by atoms with E-state index in [1.807, 2.05) is 0 Å². The van der Waals surface area contributed by atoms with Crippen molar-refractivity contribution in [3.05, 3.63) is 11.9 Å². The van der Waals surface area contributed by atoms with E-state index in [0.29, 0.717) is 5.00 Å². The Labute approximate surface area is 49.9 Å². The molecule has 0 atom stereocenters. The highest BCUT2D eigenvalue weighted by atomic mass is 32.1. The van der Waals surface area contributed by atoms with E-state index in [9.17, 15) is 4.39 Å². The Kier molecular flexibility index (Phi) is 1.09. The maximum atomic E-state index is 12.1. The molecule has 2 nitrogen and oxygen atoms in total. The first kappa shape index (κ1) is 5.37. The molecule has 1 rings (SSSR count). The number of halogens is 1. The predicted molar refractivity (Wildman–Crippen MR) is 33.1 cm³/mol. The topological polar surface area (TPSA) is 52.0 Å². The molecule has 0 aliphatic carbocycles. The summed E-state index contributed by atoms with van der Waals surface area (Å²) in [6.45, 7) is 0.